The fourth-order valence-electron chi connectivity index (χ4n) is 5.02. The molecule has 4 rings (SSSR count). The first-order valence-electron chi connectivity index (χ1n) is 12.4. The average molecular weight is 570 g/mol. The molecule has 3 aliphatic rings. The highest BCUT2D eigenvalue weighted by Crippen LogP contribution is 2.17. The number of halogens is 1. The number of aliphatic imine (C=N–C) groups is 1. The van der Waals surface area contributed by atoms with E-state index < -0.39 is 0 Å². The Balaban J connectivity index is 0.00000306. The van der Waals surface area contributed by atoms with Crippen LogP contribution in [-0.4, -0.2) is 85.6 Å². The van der Waals surface area contributed by atoms with Crippen LogP contribution in [0.1, 0.15) is 49.7 Å². The smallest absolute Gasteiger partial charge is 0.251 e. The quantitative estimate of drug-likeness (QED) is 0.336. The molecule has 7 nitrogen and oxygen atoms in total. The zero-order chi connectivity index (χ0) is 22.2. The third-order valence-corrected chi connectivity index (χ3v) is 6.85. The van der Waals surface area contributed by atoms with Gasteiger partial charge in [-0.05, 0) is 49.9 Å². The summed E-state index contributed by atoms with van der Waals surface area (Å²) < 4.78 is 5.57. The van der Waals surface area contributed by atoms with E-state index in [1.165, 1.54) is 49.9 Å². The lowest BCUT2D eigenvalue weighted by molar-refractivity contribution is -0.142. The second-order valence-electron chi connectivity index (χ2n) is 9.23. The van der Waals surface area contributed by atoms with E-state index in [2.05, 4.69) is 44.4 Å². The molecular weight excluding hydrogens is 529 g/mol. The number of nitrogens with zero attached hydrogens (tertiary/aromatic N) is 4. The van der Waals surface area contributed by atoms with Crippen LogP contribution < -0.4 is 5.32 Å². The summed E-state index contributed by atoms with van der Waals surface area (Å²) in [6.45, 7) is 8.01. The van der Waals surface area contributed by atoms with Crippen LogP contribution in [-0.2, 0) is 22.6 Å². The van der Waals surface area contributed by atoms with Gasteiger partial charge in [-0.15, -0.1) is 24.0 Å². The number of carbonyl (C=O) groups excluding carboxylic acids is 1. The minimum atomic E-state index is -0.222. The zero-order valence-corrected chi connectivity index (χ0v) is 22.3. The van der Waals surface area contributed by atoms with E-state index in [-0.39, 0.29) is 36.0 Å². The van der Waals surface area contributed by atoms with Crippen molar-refractivity contribution in [2.75, 3.05) is 52.9 Å². The molecule has 0 aliphatic carbocycles. The number of carbonyl (C=O) groups is 1. The Bertz CT molecular complexity index is 768. The lowest BCUT2D eigenvalue weighted by Gasteiger charge is -2.37. The predicted molar refractivity (Wildman–Crippen MR) is 143 cm³/mol. The van der Waals surface area contributed by atoms with Gasteiger partial charge in [-0.3, -0.25) is 14.7 Å². The molecule has 0 aromatic heterocycles. The molecule has 3 saturated heterocycles. The Morgan fingerprint density at radius 2 is 1.70 bits per heavy atom. The van der Waals surface area contributed by atoms with E-state index in [1.54, 1.807) is 0 Å². The molecule has 0 radical (unpaired) electrons. The largest absolute Gasteiger partial charge is 0.368 e. The first-order valence-corrected chi connectivity index (χ1v) is 12.4. The number of likely N-dealkylation sites (tertiary alicyclic amines) is 1. The van der Waals surface area contributed by atoms with Crippen LogP contribution in [0.25, 0.3) is 0 Å². The van der Waals surface area contributed by atoms with E-state index in [0.717, 1.165) is 58.1 Å². The summed E-state index contributed by atoms with van der Waals surface area (Å²) in [5.41, 5.74) is 2.67. The molecule has 1 unspecified atom stereocenters. The van der Waals surface area contributed by atoms with Gasteiger partial charge < -0.3 is 19.9 Å². The number of ether oxygens (including phenoxy) is 1. The molecule has 1 atom stereocenters. The summed E-state index contributed by atoms with van der Waals surface area (Å²) in [5, 5.41) is 3.53. The standard InChI is InChI=1S/C25H39N5O2.HI/c1-26-25(30-15-13-29(14-16-30)24(31)23-10-7-17-32-23)27-19-21-8-6-9-22(18-21)20-28-11-4-2-3-5-12-28;/h6,8-9,18,23H,2-5,7,10-17,19-20H2,1H3,(H,26,27);1H. The van der Waals surface area contributed by atoms with E-state index in [4.69, 9.17) is 4.74 Å². The molecule has 1 aromatic carbocycles. The zero-order valence-electron chi connectivity index (χ0n) is 20.0. The van der Waals surface area contributed by atoms with Crippen molar-refractivity contribution >= 4 is 35.8 Å². The second-order valence-corrected chi connectivity index (χ2v) is 9.23. The van der Waals surface area contributed by atoms with Crippen LogP contribution in [0.15, 0.2) is 29.3 Å². The molecule has 0 saturated carbocycles. The average Bonchev–Trinajstić information content (AvgIpc) is 3.25. The number of hydrogen-bond acceptors (Lipinski definition) is 4. The summed E-state index contributed by atoms with van der Waals surface area (Å²) in [4.78, 5) is 23.9. The lowest BCUT2D eigenvalue weighted by Crippen LogP contribution is -2.55. The third-order valence-electron chi connectivity index (χ3n) is 6.85. The number of rotatable bonds is 5. The molecule has 3 aliphatic heterocycles. The molecule has 8 heteroatoms. The topological polar surface area (TPSA) is 60.4 Å². The maximum atomic E-state index is 12.6. The monoisotopic (exact) mass is 569 g/mol. The number of amides is 1. The van der Waals surface area contributed by atoms with E-state index >= 15 is 0 Å². The first kappa shape index (κ1) is 26.2. The number of nitrogens with one attached hydrogen (secondary N) is 1. The summed E-state index contributed by atoms with van der Waals surface area (Å²) in [6, 6.07) is 8.92. The number of piperazine rings is 1. The summed E-state index contributed by atoms with van der Waals surface area (Å²) in [5.74, 6) is 1.07. The van der Waals surface area contributed by atoms with Crippen molar-refractivity contribution in [3.63, 3.8) is 0 Å². The second kappa shape index (κ2) is 13.5. The van der Waals surface area contributed by atoms with Crippen LogP contribution in [0.5, 0.6) is 0 Å². The van der Waals surface area contributed by atoms with Crippen LogP contribution >= 0.6 is 24.0 Å². The van der Waals surface area contributed by atoms with Crippen molar-refractivity contribution < 1.29 is 9.53 Å². The van der Waals surface area contributed by atoms with Crippen molar-refractivity contribution in [2.45, 2.75) is 57.7 Å². The van der Waals surface area contributed by atoms with Crippen LogP contribution in [0.2, 0.25) is 0 Å². The summed E-state index contributed by atoms with van der Waals surface area (Å²) in [7, 11) is 1.84. The highest BCUT2D eigenvalue weighted by atomic mass is 127. The normalized spacial score (nSPS) is 22.6. The molecule has 1 amide bonds. The van der Waals surface area contributed by atoms with Gasteiger partial charge in [0.15, 0.2) is 5.96 Å². The first-order chi connectivity index (χ1) is 15.7. The number of guanidine groups is 1. The minimum Gasteiger partial charge on any atom is -0.368 e. The molecule has 1 aromatic rings. The van der Waals surface area contributed by atoms with Crippen LogP contribution in [0.3, 0.4) is 0 Å². The molecule has 3 fully saturated rings. The maximum Gasteiger partial charge on any atom is 0.251 e. The Hall–Kier alpha value is -1.39. The summed E-state index contributed by atoms with van der Waals surface area (Å²) in [6.07, 6.45) is 7.02. The molecular formula is C25H40IN5O2. The van der Waals surface area contributed by atoms with Crippen molar-refractivity contribution in [2.24, 2.45) is 4.99 Å². The molecule has 184 valence electrons. The molecule has 0 spiro atoms. The van der Waals surface area contributed by atoms with Gasteiger partial charge in [0.2, 0.25) is 0 Å². The van der Waals surface area contributed by atoms with Gasteiger partial charge in [-0.25, -0.2) is 0 Å². The minimum absolute atomic E-state index is 0. The fourth-order valence-corrected chi connectivity index (χ4v) is 5.02. The van der Waals surface area contributed by atoms with Gasteiger partial charge in [-0.1, -0.05) is 37.1 Å². The van der Waals surface area contributed by atoms with E-state index in [9.17, 15) is 4.79 Å². The Labute approximate surface area is 215 Å². The summed E-state index contributed by atoms with van der Waals surface area (Å²) >= 11 is 0. The molecule has 1 N–H and O–H groups in total. The van der Waals surface area contributed by atoms with Crippen molar-refractivity contribution in [3.8, 4) is 0 Å². The van der Waals surface area contributed by atoms with E-state index in [0.29, 0.717) is 6.61 Å². The van der Waals surface area contributed by atoms with Crippen molar-refractivity contribution in [1.82, 2.24) is 20.0 Å². The predicted octanol–water partition coefficient (Wildman–Crippen LogP) is 3.08. The van der Waals surface area contributed by atoms with Gasteiger partial charge in [0.25, 0.3) is 5.91 Å². The Morgan fingerprint density at radius 3 is 2.36 bits per heavy atom. The molecule has 3 heterocycles. The highest BCUT2D eigenvalue weighted by Gasteiger charge is 2.30. The Kier molecular flexibility index (Phi) is 10.7. The van der Waals surface area contributed by atoms with Gasteiger partial charge >= 0.3 is 0 Å². The van der Waals surface area contributed by atoms with Gasteiger partial charge in [0, 0.05) is 52.9 Å². The molecule has 33 heavy (non-hydrogen) atoms. The van der Waals surface area contributed by atoms with Crippen molar-refractivity contribution in [3.05, 3.63) is 35.4 Å². The fraction of sp³-hybridized carbons (Fsp3) is 0.680. The van der Waals surface area contributed by atoms with Crippen molar-refractivity contribution in [1.29, 1.82) is 0 Å². The Morgan fingerprint density at radius 1 is 1.00 bits per heavy atom. The van der Waals surface area contributed by atoms with Crippen LogP contribution in [0.4, 0.5) is 0 Å². The lowest BCUT2D eigenvalue weighted by atomic mass is 10.1. The van der Waals surface area contributed by atoms with Gasteiger partial charge in [-0.2, -0.15) is 0 Å². The maximum absolute atomic E-state index is 12.6. The number of benzene rings is 1. The van der Waals surface area contributed by atoms with Crippen LogP contribution in [0, 0.1) is 0 Å². The molecule has 0 bridgehead atoms. The third kappa shape index (κ3) is 7.55. The van der Waals surface area contributed by atoms with Gasteiger partial charge in [0.1, 0.15) is 6.10 Å². The SMILES string of the molecule is CN=C(NCc1cccc(CN2CCCCCC2)c1)N1CCN(C(=O)C2CCCO2)CC1.I. The number of hydrogen-bond donors (Lipinski definition) is 1. The highest BCUT2D eigenvalue weighted by molar-refractivity contribution is 14.0. The van der Waals surface area contributed by atoms with Gasteiger partial charge in [0.05, 0.1) is 0 Å². The van der Waals surface area contributed by atoms with E-state index in [1.807, 2.05) is 11.9 Å².